The molecule has 0 N–H and O–H groups in total. The van der Waals surface area contributed by atoms with Crippen LogP contribution >= 0.6 is 12.6 Å². The van der Waals surface area contributed by atoms with Crippen molar-refractivity contribution >= 4 is 12.6 Å². The summed E-state index contributed by atoms with van der Waals surface area (Å²) in [5.74, 6) is 0.316. The Hall–Kier alpha value is -0.160. The Balaban J connectivity index is 3.97. The minimum Gasteiger partial charge on any atom is -0.197 e. The molecule has 0 aromatic heterocycles. The fourth-order valence-corrected chi connectivity index (χ4v) is 0.129. The van der Waals surface area contributed by atoms with Crippen molar-refractivity contribution in [3.8, 4) is 6.07 Å². The highest BCUT2D eigenvalue weighted by molar-refractivity contribution is 7.82. The van der Waals surface area contributed by atoms with Gasteiger partial charge in [-0.3, -0.25) is 0 Å². The van der Waals surface area contributed by atoms with Gasteiger partial charge in [-0.05, 0) is 12.8 Å². The third kappa shape index (κ3) is 1.75. The Bertz CT molecular complexity index is 110. The molecule has 0 heterocycles. The maximum absolute atomic E-state index is 8.44. The van der Waals surface area contributed by atoms with Crippen LogP contribution in [0.4, 0.5) is 0 Å². The fraction of sp³-hybridized carbons (Fsp3) is 0.833. The predicted octanol–water partition coefficient (Wildman–Crippen LogP) is 1.85. The molecule has 46 valence electrons. The van der Waals surface area contributed by atoms with E-state index < -0.39 is 4.75 Å². The van der Waals surface area contributed by atoms with E-state index in [9.17, 15) is 0 Å². The van der Waals surface area contributed by atoms with Crippen molar-refractivity contribution < 1.29 is 0 Å². The number of hydrogen-bond acceptors (Lipinski definition) is 2. The summed E-state index contributed by atoms with van der Waals surface area (Å²) in [4.78, 5) is 0. The molecule has 0 aromatic rings. The average molecular weight is 129 g/mol. The van der Waals surface area contributed by atoms with Crippen molar-refractivity contribution in [1.82, 2.24) is 0 Å². The molecule has 1 nitrogen and oxygen atoms in total. The molecule has 0 spiro atoms. The second-order valence-corrected chi connectivity index (χ2v) is 3.34. The van der Waals surface area contributed by atoms with Crippen molar-refractivity contribution in [2.75, 3.05) is 0 Å². The highest BCUT2D eigenvalue weighted by atomic mass is 32.1. The van der Waals surface area contributed by atoms with E-state index in [4.69, 9.17) is 5.26 Å². The Kier molecular flexibility index (Phi) is 2.36. The molecule has 0 bridgehead atoms. The summed E-state index contributed by atoms with van der Waals surface area (Å²) in [6.07, 6.45) is 0. The Morgan fingerprint density at radius 1 is 1.62 bits per heavy atom. The maximum atomic E-state index is 8.44. The van der Waals surface area contributed by atoms with Gasteiger partial charge < -0.3 is 0 Å². The van der Waals surface area contributed by atoms with Gasteiger partial charge in [0.2, 0.25) is 0 Å². The lowest BCUT2D eigenvalue weighted by molar-refractivity contribution is 0.561. The van der Waals surface area contributed by atoms with E-state index in [1.54, 1.807) is 0 Å². The second kappa shape index (κ2) is 2.41. The maximum Gasteiger partial charge on any atom is 0.0990 e. The van der Waals surface area contributed by atoms with Crippen LogP contribution in [-0.2, 0) is 0 Å². The van der Waals surface area contributed by atoms with E-state index in [1.807, 2.05) is 20.8 Å². The average Bonchev–Trinajstić information content (AvgIpc) is 1.67. The van der Waals surface area contributed by atoms with E-state index in [1.165, 1.54) is 0 Å². The van der Waals surface area contributed by atoms with Gasteiger partial charge in [0.15, 0.2) is 0 Å². The van der Waals surface area contributed by atoms with Gasteiger partial charge in [-0.1, -0.05) is 13.8 Å². The van der Waals surface area contributed by atoms with Gasteiger partial charge in [0.05, 0.1) is 10.8 Å². The second-order valence-electron chi connectivity index (χ2n) is 2.41. The number of nitrogens with zero attached hydrogens (tertiary/aromatic N) is 1. The summed E-state index contributed by atoms with van der Waals surface area (Å²) in [5.41, 5.74) is 0. The quantitative estimate of drug-likeness (QED) is 0.537. The molecule has 2 heteroatoms. The molecule has 0 aliphatic heterocycles. The monoisotopic (exact) mass is 129 g/mol. The first-order chi connectivity index (χ1) is 3.50. The first kappa shape index (κ1) is 7.84. The van der Waals surface area contributed by atoms with Crippen molar-refractivity contribution in [3.63, 3.8) is 0 Å². The van der Waals surface area contributed by atoms with E-state index in [0.717, 1.165) is 0 Å². The molecule has 8 heavy (non-hydrogen) atoms. The lowest BCUT2D eigenvalue weighted by Gasteiger charge is -2.17. The van der Waals surface area contributed by atoms with Crippen LogP contribution in [0.1, 0.15) is 20.8 Å². The molecule has 1 atom stereocenters. The van der Waals surface area contributed by atoms with Crippen LogP contribution in [0.25, 0.3) is 0 Å². The van der Waals surface area contributed by atoms with Crippen LogP contribution in [0.3, 0.4) is 0 Å². The molecule has 0 saturated carbocycles. The minimum atomic E-state index is -0.458. The Labute approximate surface area is 56.1 Å². The lowest BCUT2D eigenvalue weighted by Crippen LogP contribution is -2.20. The number of thiol groups is 1. The summed E-state index contributed by atoms with van der Waals surface area (Å²) in [6, 6.07) is 2.10. The van der Waals surface area contributed by atoms with Crippen LogP contribution in [0.15, 0.2) is 0 Å². The van der Waals surface area contributed by atoms with Gasteiger partial charge in [-0.2, -0.15) is 17.9 Å². The third-order valence-electron chi connectivity index (χ3n) is 1.35. The van der Waals surface area contributed by atoms with Crippen molar-refractivity contribution in [2.45, 2.75) is 25.5 Å². The standard InChI is InChI=1S/C6H11NS/c1-5(2)6(3,8)4-7/h5,8H,1-3H3. The van der Waals surface area contributed by atoms with E-state index in [0.29, 0.717) is 5.92 Å². The molecule has 0 radical (unpaired) electrons. The lowest BCUT2D eigenvalue weighted by atomic mass is 9.99. The molecule has 0 saturated heterocycles. The Morgan fingerprint density at radius 2 is 2.00 bits per heavy atom. The molecule has 1 unspecified atom stereocenters. The van der Waals surface area contributed by atoms with Crippen LogP contribution in [0.2, 0.25) is 0 Å². The van der Waals surface area contributed by atoms with Gasteiger partial charge >= 0.3 is 0 Å². The van der Waals surface area contributed by atoms with Gasteiger partial charge in [-0.25, -0.2) is 0 Å². The van der Waals surface area contributed by atoms with E-state index in [-0.39, 0.29) is 0 Å². The minimum absolute atomic E-state index is 0.316. The highest BCUT2D eigenvalue weighted by Crippen LogP contribution is 2.21. The molecule has 0 fully saturated rings. The molecular weight excluding hydrogens is 118 g/mol. The molecule has 0 aliphatic carbocycles. The highest BCUT2D eigenvalue weighted by Gasteiger charge is 2.21. The molecular formula is C6H11NS. The number of hydrogen-bond donors (Lipinski definition) is 1. The zero-order valence-electron chi connectivity index (χ0n) is 5.47. The summed E-state index contributed by atoms with van der Waals surface area (Å²) in [5, 5.41) is 8.44. The van der Waals surface area contributed by atoms with Crippen LogP contribution in [-0.4, -0.2) is 4.75 Å². The van der Waals surface area contributed by atoms with Gasteiger partial charge in [-0.15, -0.1) is 0 Å². The van der Waals surface area contributed by atoms with Gasteiger partial charge in [0, 0.05) is 0 Å². The van der Waals surface area contributed by atoms with Crippen molar-refractivity contribution in [1.29, 1.82) is 5.26 Å². The first-order valence-corrected chi connectivity index (χ1v) is 3.09. The topological polar surface area (TPSA) is 23.8 Å². The van der Waals surface area contributed by atoms with E-state index >= 15 is 0 Å². The SMILES string of the molecule is CC(C)C(C)(S)C#N. The zero-order valence-corrected chi connectivity index (χ0v) is 6.37. The fourth-order valence-electron chi connectivity index (χ4n) is 0.129. The zero-order chi connectivity index (χ0) is 6.78. The smallest absolute Gasteiger partial charge is 0.0990 e. The summed E-state index contributed by atoms with van der Waals surface area (Å²) in [6.45, 7) is 5.78. The van der Waals surface area contributed by atoms with Crippen molar-refractivity contribution in [3.05, 3.63) is 0 Å². The summed E-state index contributed by atoms with van der Waals surface area (Å²) < 4.78 is -0.458. The van der Waals surface area contributed by atoms with Crippen LogP contribution in [0, 0.1) is 17.2 Å². The van der Waals surface area contributed by atoms with Crippen LogP contribution in [0.5, 0.6) is 0 Å². The first-order valence-electron chi connectivity index (χ1n) is 2.64. The summed E-state index contributed by atoms with van der Waals surface area (Å²) in [7, 11) is 0. The van der Waals surface area contributed by atoms with E-state index in [2.05, 4.69) is 18.7 Å². The Morgan fingerprint density at radius 3 is 2.00 bits per heavy atom. The van der Waals surface area contributed by atoms with Gasteiger partial charge in [0.1, 0.15) is 0 Å². The predicted molar refractivity (Wildman–Crippen MR) is 37.8 cm³/mol. The molecule has 0 aliphatic rings. The third-order valence-corrected chi connectivity index (χ3v) is 1.97. The normalized spacial score (nSPS) is 17.5. The van der Waals surface area contributed by atoms with Crippen LogP contribution < -0.4 is 0 Å². The number of nitriles is 1. The van der Waals surface area contributed by atoms with Gasteiger partial charge in [0.25, 0.3) is 0 Å². The number of rotatable bonds is 1. The molecule has 0 amide bonds. The molecule has 0 aromatic carbocycles. The largest absolute Gasteiger partial charge is 0.197 e. The summed E-state index contributed by atoms with van der Waals surface area (Å²) >= 11 is 4.12. The van der Waals surface area contributed by atoms with Crippen molar-refractivity contribution in [2.24, 2.45) is 5.92 Å². The molecule has 0 rings (SSSR count).